The summed E-state index contributed by atoms with van der Waals surface area (Å²) in [5.74, 6) is -1.07. The van der Waals surface area contributed by atoms with Crippen molar-refractivity contribution in [1.82, 2.24) is 0 Å². The molecular formula is C10H16O4. The number of carbonyl (C=O) groups is 2. The number of esters is 2. The summed E-state index contributed by atoms with van der Waals surface area (Å²) in [6, 6.07) is 0. The highest BCUT2D eigenvalue weighted by molar-refractivity contribution is 5.93. The predicted molar refractivity (Wildman–Crippen MR) is 51.6 cm³/mol. The lowest BCUT2D eigenvalue weighted by atomic mass is 10.1. The van der Waals surface area contributed by atoms with Crippen LogP contribution in [-0.4, -0.2) is 24.6 Å². The molecule has 0 N–H and O–H groups in total. The van der Waals surface area contributed by atoms with Gasteiger partial charge in [-0.1, -0.05) is 6.58 Å². The van der Waals surface area contributed by atoms with Crippen LogP contribution in [0.4, 0.5) is 0 Å². The topological polar surface area (TPSA) is 52.6 Å². The van der Waals surface area contributed by atoms with Crippen LogP contribution < -0.4 is 0 Å². The van der Waals surface area contributed by atoms with E-state index in [1.807, 2.05) is 0 Å². The standard InChI is InChI=1S/C10H16O4/c1-7(6-8(11)13-5)9(12)14-10(2,3)4/h1,6H2,2-5H3. The zero-order chi connectivity index (χ0) is 11.4. The Morgan fingerprint density at radius 1 is 1.29 bits per heavy atom. The molecule has 0 atom stereocenters. The van der Waals surface area contributed by atoms with E-state index in [0.717, 1.165) is 0 Å². The monoisotopic (exact) mass is 200 g/mol. The van der Waals surface area contributed by atoms with Gasteiger partial charge in [0.2, 0.25) is 0 Å². The van der Waals surface area contributed by atoms with Gasteiger partial charge in [0.25, 0.3) is 0 Å². The fraction of sp³-hybridized carbons (Fsp3) is 0.600. The van der Waals surface area contributed by atoms with Crippen LogP contribution in [0.5, 0.6) is 0 Å². The molecule has 0 spiro atoms. The minimum absolute atomic E-state index is 0.103. The Morgan fingerprint density at radius 2 is 1.79 bits per heavy atom. The molecule has 0 rings (SSSR count). The van der Waals surface area contributed by atoms with E-state index in [1.165, 1.54) is 7.11 Å². The number of hydrogen-bond donors (Lipinski definition) is 0. The molecular weight excluding hydrogens is 184 g/mol. The molecule has 0 saturated heterocycles. The van der Waals surface area contributed by atoms with Gasteiger partial charge in [-0.15, -0.1) is 0 Å². The summed E-state index contributed by atoms with van der Waals surface area (Å²) in [5.41, 5.74) is -0.470. The van der Waals surface area contributed by atoms with Crippen molar-refractivity contribution >= 4 is 11.9 Å². The van der Waals surface area contributed by atoms with Gasteiger partial charge in [-0.25, -0.2) is 4.79 Å². The first kappa shape index (κ1) is 12.7. The Kier molecular flexibility index (Phi) is 4.34. The summed E-state index contributed by atoms with van der Waals surface area (Å²) < 4.78 is 9.39. The minimum atomic E-state index is -0.573. The van der Waals surface area contributed by atoms with Crippen LogP contribution in [0.2, 0.25) is 0 Å². The van der Waals surface area contributed by atoms with Crippen LogP contribution in [0.25, 0.3) is 0 Å². The third-order valence-corrected chi connectivity index (χ3v) is 1.27. The highest BCUT2D eigenvalue weighted by atomic mass is 16.6. The van der Waals surface area contributed by atoms with Gasteiger partial charge in [-0.3, -0.25) is 4.79 Å². The third kappa shape index (κ3) is 5.35. The van der Waals surface area contributed by atoms with Gasteiger partial charge < -0.3 is 9.47 Å². The summed E-state index contributed by atoms with van der Waals surface area (Å²) in [7, 11) is 1.25. The molecule has 0 aromatic rings. The van der Waals surface area contributed by atoms with E-state index in [4.69, 9.17) is 4.74 Å². The molecule has 0 fully saturated rings. The molecule has 0 radical (unpaired) electrons. The van der Waals surface area contributed by atoms with Crippen LogP contribution >= 0.6 is 0 Å². The van der Waals surface area contributed by atoms with E-state index < -0.39 is 17.5 Å². The molecule has 0 aliphatic rings. The Bertz CT molecular complexity index is 247. The Morgan fingerprint density at radius 3 is 2.14 bits per heavy atom. The first-order valence-corrected chi connectivity index (χ1v) is 4.24. The molecule has 14 heavy (non-hydrogen) atoms. The molecule has 0 amide bonds. The van der Waals surface area contributed by atoms with E-state index in [1.54, 1.807) is 20.8 Å². The van der Waals surface area contributed by atoms with Crippen molar-refractivity contribution in [3.05, 3.63) is 12.2 Å². The highest BCUT2D eigenvalue weighted by Crippen LogP contribution is 2.12. The summed E-state index contributed by atoms with van der Waals surface area (Å²) in [5, 5.41) is 0. The number of carbonyl (C=O) groups excluding carboxylic acids is 2. The van der Waals surface area contributed by atoms with E-state index in [0.29, 0.717) is 0 Å². The lowest BCUT2D eigenvalue weighted by Gasteiger charge is -2.19. The van der Waals surface area contributed by atoms with Crippen molar-refractivity contribution in [2.24, 2.45) is 0 Å². The van der Waals surface area contributed by atoms with Crippen molar-refractivity contribution in [2.45, 2.75) is 32.8 Å². The Balaban J connectivity index is 4.15. The smallest absolute Gasteiger partial charge is 0.334 e. The average molecular weight is 200 g/mol. The quantitative estimate of drug-likeness (QED) is 0.511. The van der Waals surface area contributed by atoms with Crippen molar-refractivity contribution in [2.75, 3.05) is 7.11 Å². The molecule has 4 heteroatoms. The number of methoxy groups -OCH3 is 1. The first-order valence-electron chi connectivity index (χ1n) is 4.24. The normalized spacial score (nSPS) is 10.6. The van der Waals surface area contributed by atoms with Gasteiger partial charge in [-0.05, 0) is 20.8 Å². The van der Waals surface area contributed by atoms with Gasteiger partial charge in [-0.2, -0.15) is 0 Å². The van der Waals surface area contributed by atoms with Crippen molar-refractivity contribution in [3.63, 3.8) is 0 Å². The molecule has 0 aliphatic heterocycles. The second kappa shape index (κ2) is 4.79. The van der Waals surface area contributed by atoms with Crippen molar-refractivity contribution in [3.8, 4) is 0 Å². The summed E-state index contributed by atoms with van der Waals surface area (Å²) in [6.07, 6.45) is -0.134. The van der Waals surface area contributed by atoms with Crippen molar-refractivity contribution in [1.29, 1.82) is 0 Å². The van der Waals surface area contributed by atoms with E-state index in [9.17, 15) is 9.59 Å². The molecule has 0 unspecified atom stereocenters. The van der Waals surface area contributed by atoms with Crippen LogP contribution in [-0.2, 0) is 19.1 Å². The van der Waals surface area contributed by atoms with E-state index >= 15 is 0 Å². The summed E-state index contributed by atoms with van der Waals surface area (Å²) >= 11 is 0. The third-order valence-electron chi connectivity index (χ3n) is 1.27. The molecule has 0 saturated carbocycles. The second-order valence-corrected chi connectivity index (χ2v) is 3.86. The Hall–Kier alpha value is -1.32. The lowest BCUT2D eigenvalue weighted by Crippen LogP contribution is -2.25. The lowest BCUT2D eigenvalue weighted by molar-refractivity contribution is -0.152. The molecule has 0 aliphatic carbocycles. The van der Waals surface area contributed by atoms with Crippen LogP contribution in [0.3, 0.4) is 0 Å². The molecule has 0 aromatic heterocycles. The number of ether oxygens (including phenoxy) is 2. The maximum absolute atomic E-state index is 11.3. The van der Waals surface area contributed by atoms with E-state index in [-0.39, 0.29) is 12.0 Å². The maximum atomic E-state index is 11.3. The molecule has 0 aromatic carbocycles. The SMILES string of the molecule is C=C(CC(=O)OC)C(=O)OC(C)(C)C. The molecule has 80 valence electrons. The summed E-state index contributed by atoms with van der Waals surface area (Å²) in [6.45, 7) is 8.69. The molecule has 4 nitrogen and oxygen atoms in total. The molecule has 0 heterocycles. The molecule has 0 bridgehead atoms. The highest BCUT2D eigenvalue weighted by Gasteiger charge is 2.20. The van der Waals surface area contributed by atoms with Crippen LogP contribution in [0.15, 0.2) is 12.2 Å². The number of rotatable bonds is 3. The second-order valence-electron chi connectivity index (χ2n) is 3.86. The number of hydrogen-bond acceptors (Lipinski definition) is 4. The fourth-order valence-corrected chi connectivity index (χ4v) is 0.669. The van der Waals surface area contributed by atoms with Gasteiger partial charge >= 0.3 is 11.9 Å². The maximum Gasteiger partial charge on any atom is 0.334 e. The van der Waals surface area contributed by atoms with Crippen LogP contribution in [0, 0.1) is 0 Å². The largest absolute Gasteiger partial charge is 0.469 e. The van der Waals surface area contributed by atoms with Gasteiger partial charge in [0, 0.05) is 5.57 Å². The zero-order valence-electron chi connectivity index (χ0n) is 9.05. The Labute approximate surface area is 83.9 Å². The van der Waals surface area contributed by atoms with Crippen LogP contribution in [0.1, 0.15) is 27.2 Å². The fourth-order valence-electron chi connectivity index (χ4n) is 0.669. The van der Waals surface area contributed by atoms with Gasteiger partial charge in [0.05, 0.1) is 13.5 Å². The summed E-state index contributed by atoms with van der Waals surface area (Å²) in [4.78, 5) is 22.1. The van der Waals surface area contributed by atoms with Gasteiger partial charge in [0.1, 0.15) is 5.60 Å². The minimum Gasteiger partial charge on any atom is -0.469 e. The van der Waals surface area contributed by atoms with Crippen molar-refractivity contribution < 1.29 is 19.1 Å². The first-order chi connectivity index (χ1) is 6.26. The zero-order valence-corrected chi connectivity index (χ0v) is 9.05. The predicted octanol–water partition coefficient (Wildman–Crippen LogP) is 1.45. The average Bonchev–Trinajstić information content (AvgIpc) is 2.00. The van der Waals surface area contributed by atoms with Gasteiger partial charge in [0.15, 0.2) is 0 Å². The van der Waals surface area contributed by atoms with E-state index in [2.05, 4.69) is 11.3 Å².